The van der Waals surface area contributed by atoms with Crippen molar-refractivity contribution in [3.63, 3.8) is 0 Å². The minimum Gasteiger partial charge on any atom is -0.444 e. The fraction of sp³-hybridized carbons (Fsp3) is 0.636. The summed E-state index contributed by atoms with van der Waals surface area (Å²) in [6, 6.07) is 8.51. The summed E-state index contributed by atoms with van der Waals surface area (Å²) in [6.45, 7) is 14.9. The van der Waals surface area contributed by atoms with Crippen LogP contribution < -0.4 is 16.0 Å². The molecule has 0 aliphatic carbocycles. The number of carbonyl (C=O) groups is 1. The molecule has 7 nitrogen and oxygen atoms in total. The molecule has 0 aromatic heterocycles. The van der Waals surface area contributed by atoms with Crippen molar-refractivity contribution in [2.24, 2.45) is 4.99 Å². The van der Waals surface area contributed by atoms with Crippen LogP contribution in [-0.2, 0) is 17.8 Å². The number of guanidine groups is 1. The molecule has 1 amide bonds. The van der Waals surface area contributed by atoms with E-state index < -0.39 is 5.60 Å². The molecular formula is C22H39N5O2. The Morgan fingerprint density at radius 2 is 1.66 bits per heavy atom. The van der Waals surface area contributed by atoms with Gasteiger partial charge < -0.3 is 20.7 Å². The lowest BCUT2D eigenvalue weighted by molar-refractivity contribution is 0.0527. The average molecular weight is 406 g/mol. The Bertz CT molecular complexity index is 636. The molecule has 1 rings (SSSR count). The van der Waals surface area contributed by atoms with Gasteiger partial charge in [0.15, 0.2) is 5.96 Å². The topological polar surface area (TPSA) is 78.0 Å². The van der Waals surface area contributed by atoms with Crippen molar-refractivity contribution < 1.29 is 9.53 Å². The van der Waals surface area contributed by atoms with Crippen molar-refractivity contribution in [1.82, 2.24) is 20.9 Å². The Labute approximate surface area is 176 Å². The lowest BCUT2D eigenvalue weighted by Crippen LogP contribution is -2.39. The molecule has 0 unspecified atom stereocenters. The van der Waals surface area contributed by atoms with E-state index in [2.05, 4.69) is 64.0 Å². The van der Waals surface area contributed by atoms with Crippen LogP contribution in [0.1, 0.15) is 52.2 Å². The summed E-state index contributed by atoms with van der Waals surface area (Å²) in [5.74, 6) is 0.750. The predicted molar refractivity (Wildman–Crippen MR) is 120 cm³/mol. The molecule has 0 atom stereocenters. The summed E-state index contributed by atoms with van der Waals surface area (Å²) in [7, 11) is 1.76. The standard InChI is InChI=1S/C22H39N5O2/c1-7-27(8-2)17-19-13-10-9-12-18(19)16-26-20(23-6)24-14-11-15-25-21(28)29-22(3,4)5/h9-10,12-13H,7-8,11,14-17H2,1-6H3,(H,25,28)(H2,23,24,26). The highest BCUT2D eigenvalue weighted by Crippen LogP contribution is 2.11. The monoisotopic (exact) mass is 405 g/mol. The van der Waals surface area contributed by atoms with Gasteiger partial charge in [-0.1, -0.05) is 38.1 Å². The number of alkyl carbamates (subject to hydrolysis) is 1. The highest BCUT2D eigenvalue weighted by Gasteiger charge is 2.15. The van der Waals surface area contributed by atoms with Gasteiger partial charge >= 0.3 is 6.09 Å². The second-order valence-corrected chi connectivity index (χ2v) is 7.86. The number of nitrogens with one attached hydrogen (secondary N) is 3. The van der Waals surface area contributed by atoms with Crippen LogP contribution in [0.25, 0.3) is 0 Å². The molecule has 0 heterocycles. The normalized spacial score (nSPS) is 12.0. The van der Waals surface area contributed by atoms with Crippen molar-refractivity contribution in [2.45, 2.75) is 59.7 Å². The van der Waals surface area contributed by atoms with Crippen molar-refractivity contribution in [2.75, 3.05) is 33.2 Å². The number of hydrogen-bond donors (Lipinski definition) is 3. The molecule has 7 heteroatoms. The molecular weight excluding hydrogens is 366 g/mol. The summed E-state index contributed by atoms with van der Waals surface area (Å²) in [5, 5.41) is 9.41. The number of nitrogens with zero attached hydrogens (tertiary/aromatic N) is 2. The number of benzene rings is 1. The molecule has 0 saturated carbocycles. The highest BCUT2D eigenvalue weighted by molar-refractivity contribution is 5.79. The second-order valence-electron chi connectivity index (χ2n) is 7.86. The van der Waals surface area contributed by atoms with Gasteiger partial charge in [0.1, 0.15) is 5.60 Å². The Kier molecular flexibility index (Phi) is 11.1. The molecule has 3 N–H and O–H groups in total. The Hall–Kier alpha value is -2.28. The van der Waals surface area contributed by atoms with Crippen LogP contribution in [0.4, 0.5) is 4.79 Å². The summed E-state index contributed by atoms with van der Waals surface area (Å²) in [5.41, 5.74) is 2.13. The Morgan fingerprint density at radius 3 is 2.24 bits per heavy atom. The van der Waals surface area contributed by atoms with Crippen LogP contribution >= 0.6 is 0 Å². The van der Waals surface area contributed by atoms with Crippen LogP contribution in [0.5, 0.6) is 0 Å². The molecule has 0 bridgehead atoms. The molecule has 0 aliphatic heterocycles. The molecule has 29 heavy (non-hydrogen) atoms. The smallest absolute Gasteiger partial charge is 0.407 e. The summed E-state index contributed by atoms with van der Waals surface area (Å²) < 4.78 is 5.22. The molecule has 0 spiro atoms. The molecule has 0 aliphatic rings. The number of rotatable bonds is 10. The minimum atomic E-state index is -0.476. The number of hydrogen-bond acceptors (Lipinski definition) is 4. The van der Waals surface area contributed by atoms with Crippen LogP contribution in [0.2, 0.25) is 0 Å². The maximum absolute atomic E-state index is 11.6. The van der Waals surface area contributed by atoms with Gasteiger partial charge in [-0.05, 0) is 51.4 Å². The minimum absolute atomic E-state index is 0.384. The van der Waals surface area contributed by atoms with E-state index in [1.54, 1.807) is 7.05 Å². The fourth-order valence-corrected chi connectivity index (χ4v) is 2.77. The van der Waals surface area contributed by atoms with Gasteiger partial charge in [0.25, 0.3) is 0 Å². The van der Waals surface area contributed by atoms with E-state index in [1.165, 1.54) is 11.1 Å². The largest absolute Gasteiger partial charge is 0.444 e. The molecule has 1 aromatic carbocycles. The summed E-state index contributed by atoms with van der Waals surface area (Å²) in [6.07, 6.45) is 0.392. The first-order chi connectivity index (χ1) is 13.8. The zero-order chi connectivity index (χ0) is 21.7. The number of aliphatic imine (C=N–C) groups is 1. The van der Waals surface area contributed by atoms with Gasteiger partial charge in [0, 0.05) is 33.2 Å². The fourth-order valence-electron chi connectivity index (χ4n) is 2.77. The van der Waals surface area contributed by atoms with Gasteiger partial charge in [-0.15, -0.1) is 0 Å². The molecule has 1 aromatic rings. The number of amides is 1. The van der Waals surface area contributed by atoms with E-state index in [-0.39, 0.29) is 6.09 Å². The van der Waals surface area contributed by atoms with Crippen molar-refractivity contribution in [1.29, 1.82) is 0 Å². The summed E-state index contributed by atoms with van der Waals surface area (Å²) in [4.78, 5) is 18.3. The Balaban J connectivity index is 2.39. The van der Waals surface area contributed by atoms with E-state index in [1.807, 2.05) is 20.8 Å². The molecule has 0 radical (unpaired) electrons. The van der Waals surface area contributed by atoms with Gasteiger partial charge in [-0.25, -0.2) is 4.79 Å². The van der Waals surface area contributed by atoms with Gasteiger partial charge in [-0.2, -0.15) is 0 Å². The van der Waals surface area contributed by atoms with Gasteiger partial charge in [0.05, 0.1) is 0 Å². The van der Waals surface area contributed by atoms with Crippen LogP contribution in [0.15, 0.2) is 29.3 Å². The first-order valence-electron chi connectivity index (χ1n) is 10.5. The van der Waals surface area contributed by atoms with E-state index >= 15 is 0 Å². The molecule has 0 fully saturated rings. The predicted octanol–water partition coefficient (Wildman–Crippen LogP) is 3.11. The third kappa shape index (κ3) is 10.7. The summed E-state index contributed by atoms with van der Waals surface area (Å²) >= 11 is 0. The van der Waals surface area contributed by atoms with E-state index in [0.717, 1.165) is 32.0 Å². The van der Waals surface area contributed by atoms with Crippen molar-refractivity contribution in [3.8, 4) is 0 Å². The zero-order valence-electron chi connectivity index (χ0n) is 19.0. The lowest BCUT2D eigenvalue weighted by atomic mass is 10.1. The van der Waals surface area contributed by atoms with Crippen molar-refractivity contribution >= 4 is 12.1 Å². The van der Waals surface area contributed by atoms with E-state index in [4.69, 9.17) is 4.74 Å². The third-order valence-electron chi connectivity index (χ3n) is 4.39. The maximum atomic E-state index is 11.6. The van der Waals surface area contributed by atoms with Crippen LogP contribution in [-0.4, -0.2) is 55.8 Å². The third-order valence-corrected chi connectivity index (χ3v) is 4.39. The first kappa shape index (κ1) is 24.8. The lowest BCUT2D eigenvalue weighted by Gasteiger charge is -2.21. The quantitative estimate of drug-likeness (QED) is 0.317. The highest BCUT2D eigenvalue weighted by atomic mass is 16.6. The Morgan fingerprint density at radius 1 is 1.03 bits per heavy atom. The van der Waals surface area contributed by atoms with Crippen LogP contribution in [0, 0.1) is 0 Å². The van der Waals surface area contributed by atoms with Crippen LogP contribution in [0.3, 0.4) is 0 Å². The van der Waals surface area contributed by atoms with Gasteiger partial charge in [0.2, 0.25) is 0 Å². The second kappa shape index (κ2) is 13.0. The number of carbonyl (C=O) groups excluding carboxylic acids is 1. The zero-order valence-corrected chi connectivity index (χ0v) is 19.0. The molecule has 0 saturated heterocycles. The van der Waals surface area contributed by atoms with E-state index in [0.29, 0.717) is 19.6 Å². The van der Waals surface area contributed by atoms with E-state index in [9.17, 15) is 4.79 Å². The van der Waals surface area contributed by atoms with Gasteiger partial charge in [-0.3, -0.25) is 9.89 Å². The average Bonchev–Trinajstić information content (AvgIpc) is 2.67. The maximum Gasteiger partial charge on any atom is 0.407 e. The SMILES string of the molecule is CCN(CC)Cc1ccccc1CNC(=NC)NCCCNC(=O)OC(C)(C)C. The molecule has 164 valence electrons. The van der Waals surface area contributed by atoms with Crippen molar-refractivity contribution in [3.05, 3.63) is 35.4 Å². The number of ether oxygens (including phenoxy) is 1. The first-order valence-corrected chi connectivity index (χ1v) is 10.5.